The molecular weight excluding hydrogens is 250 g/mol. The van der Waals surface area contributed by atoms with Gasteiger partial charge in [0.2, 0.25) is 0 Å². The minimum atomic E-state index is -0.487. The summed E-state index contributed by atoms with van der Waals surface area (Å²) < 4.78 is 2.07. The van der Waals surface area contributed by atoms with Gasteiger partial charge in [0.25, 0.3) is 4.73 Å². The summed E-state index contributed by atoms with van der Waals surface area (Å²) in [6.45, 7) is 1.88. The Kier molecular flexibility index (Phi) is 1.99. The third-order valence-corrected chi connectivity index (χ3v) is 2.47. The van der Waals surface area contributed by atoms with Crippen molar-refractivity contribution in [2.45, 2.75) is 6.92 Å². The Morgan fingerprint density at radius 1 is 1.64 bits per heavy atom. The molecule has 2 rings (SSSR count). The average Bonchev–Trinajstić information content (AvgIpc) is 2.43. The van der Waals surface area contributed by atoms with Gasteiger partial charge in [-0.3, -0.25) is 4.40 Å². The van der Waals surface area contributed by atoms with Crippen molar-refractivity contribution in [3.05, 3.63) is 38.7 Å². The monoisotopic (exact) mass is 255 g/mol. The number of hydrogen-bond acceptors (Lipinski definition) is 3. The molecule has 72 valence electrons. The zero-order valence-electron chi connectivity index (χ0n) is 7.27. The van der Waals surface area contributed by atoms with Crippen LogP contribution in [0.25, 0.3) is 5.52 Å². The second kappa shape index (κ2) is 3.06. The fourth-order valence-corrected chi connectivity index (χ4v) is 1.75. The van der Waals surface area contributed by atoms with Gasteiger partial charge in [-0.1, -0.05) is 0 Å². The van der Waals surface area contributed by atoms with E-state index in [-0.39, 0.29) is 5.82 Å². The third kappa shape index (κ3) is 1.27. The number of rotatable bonds is 1. The fraction of sp³-hybridized carbons (Fsp3) is 0.125. The molecule has 0 amide bonds. The molecule has 0 unspecified atom stereocenters. The first-order valence-electron chi connectivity index (χ1n) is 3.88. The normalized spacial score (nSPS) is 10.7. The summed E-state index contributed by atoms with van der Waals surface area (Å²) in [7, 11) is 0. The van der Waals surface area contributed by atoms with E-state index in [0.717, 1.165) is 5.56 Å². The van der Waals surface area contributed by atoms with Gasteiger partial charge in [0.05, 0.1) is 0 Å². The Labute approximate surface area is 87.7 Å². The van der Waals surface area contributed by atoms with Crippen molar-refractivity contribution in [1.82, 2.24) is 9.38 Å². The quantitative estimate of drug-likeness (QED) is 0.581. The molecule has 2 aromatic rings. The Bertz CT molecular complexity index is 521. The summed E-state index contributed by atoms with van der Waals surface area (Å²) in [6.07, 6.45) is 1.74. The lowest BCUT2D eigenvalue weighted by molar-refractivity contribution is -0.387. The highest BCUT2D eigenvalue weighted by atomic mass is 79.9. The smallest absolute Gasteiger partial charge is 0.358 e. The van der Waals surface area contributed by atoms with Crippen LogP contribution in [0.15, 0.2) is 23.1 Å². The largest absolute Gasteiger partial charge is 0.390 e. The first-order chi connectivity index (χ1) is 6.59. The molecule has 0 spiro atoms. The number of pyridine rings is 1. The Morgan fingerprint density at radius 2 is 2.36 bits per heavy atom. The predicted octanol–water partition coefficient (Wildman–Crippen LogP) is 2.31. The van der Waals surface area contributed by atoms with Crippen LogP contribution in [-0.2, 0) is 0 Å². The molecule has 0 N–H and O–H groups in total. The van der Waals surface area contributed by atoms with E-state index in [2.05, 4.69) is 20.9 Å². The van der Waals surface area contributed by atoms with Crippen LogP contribution in [0, 0.1) is 17.0 Å². The molecule has 0 radical (unpaired) electrons. The number of halogens is 1. The van der Waals surface area contributed by atoms with Crippen LogP contribution in [0.3, 0.4) is 0 Å². The molecule has 0 aliphatic heterocycles. The van der Waals surface area contributed by atoms with E-state index in [1.165, 1.54) is 0 Å². The van der Waals surface area contributed by atoms with Gasteiger partial charge in [-0.05, 0) is 34.5 Å². The van der Waals surface area contributed by atoms with E-state index < -0.39 is 4.92 Å². The lowest BCUT2D eigenvalue weighted by Crippen LogP contribution is -1.89. The fourth-order valence-electron chi connectivity index (χ4n) is 1.27. The van der Waals surface area contributed by atoms with Crippen LogP contribution in [0.2, 0.25) is 0 Å². The molecule has 2 aromatic heterocycles. The molecule has 0 bridgehead atoms. The predicted molar refractivity (Wildman–Crippen MR) is 54.3 cm³/mol. The van der Waals surface area contributed by atoms with Crippen LogP contribution < -0.4 is 0 Å². The van der Waals surface area contributed by atoms with E-state index in [9.17, 15) is 10.1 Å². The van der Waals surface area contributed by atoms with Crippen molar-refractivity contribution in [2.24, 2.45) is 0 Å². The number of aryl methyl sites for hydroxylation is 1. The number of nitro groups is 1. The SMILES string of the molecule is Cc1ccn2c(Br)nc([N+](=O)[O-])c2c1. The molecule has 0 fully saturated rings. The molecule has 5 nitrogen and oxygen atoms in total. The first-order valence-corrected chi connectivity index (χ1v) is 4.67. The van der Waals surface area contributed by atoms with Gasteiger partial charge >= 0.3 is 5.82 Å². The van der Waals surface area contributed by atoms with E-state index in [1.54, 1.807) is 16.7 Å². The molecule has 0 aliphatic rings. The zero-order chi connectivity index (χ0) is 10.3. The molecular formula is C8H6BrN3O2. The minimum Gasteiger partial charge on any atom is -0.358 e. The summed E-state index contributed by atoms with van der Waals surface area (Å²) in [5.74, 6) is -0.124. The number of nitrogens with zero attached hydrogens (tertiary/aromatic N) is 3. The van der Waals surface area contributed by atoms with Gasteiger partial charge < -0.3 is 10.1 Å². The molecule has 2 heterocycles. The molecule has 0 atom stereocenters. The maximum absolute atomic E-state index is 10.6. The summed E-state index contributed by atoms with van der Waals surface area (Å²) in [4.78, 5) is 14.0. The van der Waals surface area contributed by atoms with Crippen molar-refractivity contribution in [3.8, 4) is 0 Å². The van der Waals surface area contributed by atoms with E-state index in [0.29, 0.717) is 10.3 Å². The zero-order valence-corrected chi connectivity index (χ0v) is 8.85. The third-order valence-electron chi connectivity index (χ3n) is 1.91. The van der Waals surface area contributed by atoms with Crippen molar-refractivity contribution in [2.75, 3.05) is 0 Å². The Hall–Kier alpha value is -1.43. The van der Waals surface area contributed by atoms with Gasteiger partial charge in [-0.15, -0.1) is 0 Å². The van der Waals surface area contributed by atoms with Crippen molar-refractivity contribution < 1.29 is 4.92 Å². The van der Waals surface area contributed by atoms with Crippen molar-refractivity contribution in [1.29, 1.82) is 0 Å². The molecule has 0 aliphatic carbocycles. The molecule has 0 saturated heterocycles. The average molecular weight is 256 g/mol. The highest BCUT2D eigenvalue weighted by Crippen LogP contribution is 2.23. The number of imidazole rings is 1. The van der Waals surface area contributed by atoms with E-state index in [4.69, 9.17) is 0 Å². The standard InChI is InChI=1S/C8H6BrN3O2/c1-5-2-3-11-6(4-5)7(12(13)14)10-8(11)9/h2-4H,1H3. The lowest BCUT2D eigenvalue weighted by Gasteiger charge is -1.94. The van der Waals surface area contributed by atoms with E-state index in [1.807, 2.05) is 13.0 Å². The summed E-state index contributed by atoms with van der Waals surface area (Å²) in [6, 6.07) is 3.60. The minimum absolute atomic E-state index is 0.124. The molecule has 14 heavy (non-hydrogen) atoms. The van der Waals surface area contributed by atoms with Crippen LogP contribution in [0.4, 0.5) is 5.82 Å². The molecule has 0 saturated carbocycles. The summed E-state index contributed by atoms with van der Waals surface area (Å²) in [5, 5.41) is 10.6. The maximum Gasteiger partial charge on any atom is 0.390 e. The van der Waals surface area contributed by atoms with Gasteiger partial charge in [0, 0.05) is 22.1 Å². The van der Waals surface area contributed by atoms with Crippen LogP contribution in [0.1, 0.15) is 5.56 Å². The first kappa shape index (κ1) is 9.14. The Balaban J connectivity index is 2.85. The van der Waals surface area contributed by atoms with Gasteiger partial charge in [0.15, 0.2) is 0 Å². The number of aromatic nitrogens is 2. The van der Waals surface area contributed by atoms with Crippen LogP contribution in [-0.4, -0.2) is 14.3 Å². The topological polar surface area (TPSA) is 60.4 Å². The second-order valence-electron chi connectivity index (χ2n) is 2.92. The van der Waals surface area contributed by atoms with Gasteiger partial charge in [-0.2, -0.15) is 0 Å². The van der Waals surface area contributed by atoms with E-state index >= 15 is 0 Å². The number of hydrogen-bond donors (Lipinski definition) is 0. The Morgan fingerprint density at radius 3 is 3.00 bits per heavy atom. The van der Waals surface area contributed by atoms with Gasteiger partial charge in [-0.25, -0.2) is 0 Å². The second-order valence-corrected chi connectivity index (χ2v) is 3.63. The van der Waals surface area contributed by atoms with Crippen LogP contribution in [0.5, 0.6) is 0 Å². The number of fused-ring (bicyclic) bond motifs is 1. The van der Waals surface area contributed by atoms with Crippen molar-refractivity contribution in [3.63, 3.8) is 0 Å². The summed E-state index contributed by atoms with van der Waals surface area (Å²) in [5.41, 5.74) is 1.47. The van der Waals surface area contributed by atoms with Crippen LogP contribution >= 0.6 is 15.9 Å². The summed E-state index contributed by atoms with van der Waals surface area (Å²) >= 11 is 3.16. The highest BCUT2D eigenvalue weighted by molar-refractivity contribution is 9.10. The van der Waals surface area contributed by atoms with Gasteiger partial charge in [0.1, 0.15) is 5.52 Å². The molecule has 6 heteroatoms. The molecule has 0 aromatic carbocycles. The highest BCUT2D eigenvalue weighted by Gasteiger charge is 2.19. The maximum atomic E-state index is 10.6. The van der Waals surface area contributed by atoms with Crippen molar-refractivity contribution >= 4 is 27.3 Å². The lowest BCUT2D eigenvalue weighted by atomic mass is 10.3.